The Labute approximate surface area is 125 Å². The van der Waals surface area contributed by atoms with Crippen molar-refractivity contribution in [1.82, 2.24) is 10.2 Å². The average Bonchev–Trinajstić information content (AvgIpc) is 2.87. The van der Waals surface area contributed by atoms with Crippen LogP contribution in [-0.2, 0) is 11.0 Å². The maximum atomic E-state index is 12.5. The summed E-state index contributed by atoms with van der Waals surface area (Å²) in [6.07, 6.45) is -4.60. The highest BCUT2D eigenvalue weighted by Gasteiger charge is 2.35. The molecule has 0 aliphatic heterocycles. The molecule has 0 aliphatic carbocycles. The van der Waals surface area contributed by atoms with Crippen molar-refractivity contribution in [2.24, 2.45) is 5.73 Å². The fourth-order valence-corrected chi connectivity index (χ4v) is 2.26. The number of alkyl halides is 3. The molecule has 2 aromatic rings. The number of hydrogen-bond acceptors (Lipinski definition) is 6. The summed E-state index contributed by atoms with van der Waals surface area (Å²) >= 11 is 0.326. The molecule has 1 aromatic heterocycles. The van der Waals surface area contributed by atoms with Crippen LogP contribution in [0.2, 0.25) is 0 Å². The van der Waals surface area contributed by atoms with Gasteiger partial charge in [0.05, 0.1) is 5.56 Å². The van der Waals surface area contributed by atoms with Crippen LogP contribution in [0.15, 0.2) is 18.2 Å². The second kappa shape index (κ2) is 5.72. The highest BCUT2D eigenvalue weighted by molar-refractivity contribution is 7.14. The molecule has 1 amide bonds. The van der Waals surface area contributed by atoms with Gasteiger partial charge in [0.1, 0.15) is 10.8 Å². The zero-order valence-electron chi connectivity index (χ0n) is 11.0. The van der Waals surface area contributed by atoms with Crippen LogP contribution in [0.4, 0.5) is 13.2 Å². The molecule has 0 radical (unpaired) electrons. The van der Waals surface area contributed by atoms with Crippen molar-refractivity contribution in [3.05, 3.63) is 28.8 Å². The average molecular weight is 331 g/mol. The Balaban J connectivity index is 2.44. The summed E-state index contributed by atoms with van der Waals surface area (Å²) in [6.45, 7) is 1.14. The predicted octanol–water partition coefficient (Wildman–Crippen LogP) is 2.25. The van der Waals surface area contributed by atoms with E-state index in [1.165, 1.54) is 18.2 Å². The molecule has 0 spiro atoms. The summed E-state index contributed by atoms with van der Waals surface area (Å²) in [5.41, 5.74) is 5.23. The van der Waals surface area contributed by atoms with Gasteiger partial charge in [0.15, 0.2) is 0 Å². The molecule has 0 bridgehead atoms. The number of amides is 1. The van der Waals surface area contributed by atoms with E-state index in [-0.39, 0.29) is 21.9 Å². The lowest BCUT2D eigenvalue weighted by Crippen LogP contribution is -2.14. The molecule has 10 heteroatoms. The minimum atomic E-state index is -4.60. The zero-order valence-corrected chi connectivity index (χ0v) is 11.8. The van der Waals surface area contributed by atoms with E-state index in [1.54, 1.807) is 0 Å². The number of esters is 1. The number of nitrogens with zero attached hydrogens (tertiary/aromatic N) is 2. The van der Waals surface area contributed by atoms with Gasteiger partial charge < -0.3 is 10.5 Å². The Hall–Kier alpha value is -2.49. The van der Waals surface area contributed by atoms with E-state index in [2.05, 4.69) is 10.2 Å². The van der Waals surface area contributed by atoms with Crippen molar-refractivity contribution < 1.29 is 27.5 Å². The summed E-state index contributed by atoms with van der Waals surface area (Å²) in [7, 11) is 0. The van der Waals surface area contributed by atoms with Gasteiger partial charge >= 0.3 is 12.1 Å². The van der Waals surface area contributed by atoms with Crippen molar-refractivity contribution in [2.75, 3.05) is 0 Å². The van der Waals surface area contributed by atoms with E-state index in [1.807, 2.05) is 0 Å². The molecular formula is C12H8F3N3O3S. The molecule has 22 heavy (non-hydrogen) atoms. The Morgan fingerprint density at radius 2 is 1.95 bits per heavy atom. The van der Waals surface area contributed by atoms with Gasteiger partial charge in [-0.2, -0.15) is 13.2 Å². The lowest BCUT2D eigenvalue weighted by Gasteiger charge is -2.07. The van der Waals surface area contributed by atoms with Crippen molar-refractivity contribution in [3.8, 4) is 16.3 Å². The van der Waals surface area contributed by atoms with Gasteiger partial charge in [-0.15, -0.1) is 10.2 Å². The third kappa shape index (κ3) is 3.39. The monoisotopic (exact) mass is 331 g/mol. The smallest absolute Gasteiger partial charge is 0.426 e. The molecule has 0 aliphatic rings. The van der Waals surface area contributed by atoms with Crippen LogP contribution in [0, 0.1) is 0 Å². The molecule has 2 rings (SSSR count). The lowest BCUT2D eigenvalue weighted by molar-refractivity contribution is -0.138. The normalized spacial score (nSPS) is 11.3. The molecule has 0 atom stereocenters. The Morgan fingerprint density at radius 3 is 2.45 bits per heavy atom. The first-order chi connectivity index (χ1) is 10.2. The maximum absolute atomic E-state index is 12.5. The summed E-state index contributed by atoms with van der Waals surface area (Å²) in [5.74, 6) is -1.63. The summed E-state index contributed by atoms with van der Waals surface area (Å²) in [5, 5.41) is 5.34. The minimum Gasteiger partial charge on any atom is -0.426 e. The number of hydrogen-bond donors (Lipinski definition) is 1. The van der Waals surface area contributed by atoms with Gasteiger partial charge in [0, 0.05) is 12.5 Å². The fraction of sp³-hybridized carbons (Fsp3) is 0.167. The number of primary amides is 1. The van der Waals surface area contributed by atoms with Gasteiger partial charge in [0.2, 0.25) is 5.01 Å². The first-order valence-corrected chi connectivity index (χ1v) is 6.53. The maximum Gasteiger partial charge on any atom is 0.445 e. The molecule has 6 nitrogen and oxygen atoms in total. The van der Waals surface area contributed by atoms with Crippen LogP contribution in [0.1, 0.15) is 22.3 Å². The Morgan fingerprint density at radius 1 is 1.27 bits per heavy atom. The number of nitrogens with two attached hydrogens (primary N) is 1. The number of halogens is 3. The largest absolute Gasteiger partial charge is 0.445 e. The molecule has 1 heterocycles. The minimum absolute atomic E-state index is 0.0378. The number of carbonyl (C=O) groups is 2. The topological polar surface area (TPSA) is 95.2 Å². The van der Waals surface area contributed by atoms with Gasteiger partial charge in [-0.05, 0) is 18.2 Å². The standard InChI is InChI=1S/C12H8F3N3O3S/c1-5(19)21-8-3-2-6(4-7(8)9(16)20)10-17-18-11(22-10)12(13,14)15/h2-4H,1H3,(H2,16,20). The van der Waals surface area contributed by atoms with Crippen LogP contribution in [-0.4, -0.2) is 22.1 Å². The van der Waals surface area contributed by atoms with Crippen molar-refractivity contribution in [2.45, 2.75) is 13.1 Å². The summed E-state index contributed by atoms with van der Waals surface area (Å²) < 4.78 is 42.3. The van der Waals surface area contributed by atoms with Gasteiger partial charge in [-0.3, -0.25) is 9.59 Å². The second-order valence-corrected chi connectivity index (χ2v) is 5.06. The highest BCUT2D eigenvalue weighted by atomic mass is 32.1. The fourth-order valence-electron chi connectivity index (χ4n) is 1.55. The molecule has 0 fully saturated rings. The lowest BCUT2D eigenvalue weighted by atomic mass is 10.1. The molecular weight excluding hydrogens is 323 g/mol. The van der Waals surface area contributed by atoms with Crippen molar-refractivity contribution in [1.29, 1.82) is 0 Å². The first-order valence-electron chi connectivity index (χ1n) is 5.72. The third-order valence-corrected chi connectivity index (χ3v) is 3.43. The summed E-state index contributed by atoms with van der Waals surface area (Å²) in [6, 6.07) is 3.80. The third-order valence-electron chi connectivity index (χ3n) is 2.41. The van der Waals surface area contributed by atoms with Gasteiger partial charge in [-0.1, -0.05) is 11.3 Å². The molecule has 1 aromatic carbocycles. The quantitative estimate of drug-likeness (QED) is 0.687. The van der Waals surface area contributed by atoms with Crippen LogP contribution in [0.25, 0.3) is 10.6 Å². The van der Waals surface area contributed by atoms with E-state index in [0.717, 1.165) is 6.92 Å². The van der Waals surface area contributed by atoms with E-state index in [0.29, 0.717) is 11.3 Å². The van der Waals surface area contributed by atoms with E-state index >= 15 is 0 Å². The van der Waals surface area contributed by atoms with Crippen LogP contribution in [0.3, 0.4) is 0 Å². The Bertz CT molecular complexity index is 743. The van der Waals surface area contributed by atoms with Crippen molar-refractivity contribution >= 4 is 23.2 Å². The number of carbonyl (C=O) groups excluding carboxylic acids is 2. The molecule has 0 saturated carbocycles. The number of benzene rings is 1. The SMILES string of the molecule is CC(=O)Oc1ccc(-c2nnc(C(F)(F)F)s2)cc1C(N)=O. The van der Waals surface area contributed by atoms with Crippen molar-refractivity contribution in [3.63, 3.8) is 0 Å². The molecule has 0 unspecified atom stereocenters. The first kappa shape index (κ1) is 15.9. The molecule has 0 saturated heterocycles. The number of aromatic nitrogens is 2. The van der Waals surface area contributed by atoms with Gasteiger partial charge in [0.25, 0.3) is 5.91 Å². The van der Waals surface area contributed by atoms with Crippen LogP contribution < -0.4 is 10.5 Å². The molecule has 2 N–H and O–H groups in total. The van der Waals surface area contributed by atoms with E-state index < -0.39 is 23.1 Å². The molecule has 116 valence electrons. The highest BCUT2D eigenvalue weighted by Crippen LogP contribution is 2.35. The summed E-state index contributed by atoms with van der Waals surface area (Å²) in [4.78, 5) is 22.3. The van der Waals surface area contributed by atoms with E-state index in [9.17, 15) is 22.8 Å². The number of ether oxygens (including phenoxy) is 1. The van der Waals surface area contributed by atoms with E-state index in [4.69, 9.17) is 10.5 Å². The zero-order chi connectivity index (χ0) is 16.5. The van der Waals surface area contributed by atoms with Crippen LogP contribution >= 0.6 is 11.3 Å². The van der Waals surface area contributed by atoms with Gasteiger partial charge in [-0.25, -0.2) is 0 Å². The second-order valence-electron chi connectivity index (χ2n) is 4.08. The van der Waals surface area contributed by atoms with Crippen LogP contribution in [0.5, 0.6) is 5.75 Å². The predicted molar refractivity (Wildman–Crippen MR) is 70.2 cm³/mol. The Kier molecular flexibility index (Phi) is 4.13. The number of rotatable bonds is 3.